The monoisotopic (exact) mass is 278 g/mol. The van der Waals surface area contributed by atoms with Gasteiger partial charge in [0.1, 0.15) is 6.17 Å². The van der Waals surface area contributed by atoms with Crippen molar-refractivity contribution >= 4 is 16.9 Å². The Morgan fingerprint density at radius 3 is 2.41 bits per heavy atom. The van der Waals surface area contributed by atoms with E-state index in [2.05, 4.69) is 0 Å². The Kier molecular flexibility index (Phi) is 7.74. The lowest BCUT2D eigenvalue weighted by molar-refractivity contribution is -0.110. The molecule has 0 saturated heterocycles. The van der Waals surface area contributed by atoms with E-state index in [-0.39, 0.29) is 17.3 Å². The third-order valence-electron chi connectivity index (χ3n) is 2.09. The molecule has 0 bridgehead atoms. The molecule has 0 N–H and O–H groups in total. The fraction of sp³-hybridized carbons (Fsp3) is 0.900. The molecule has 0 aliphatic carbocycles. The summed E-state index contributed by atoms with van der Waals surface area (Å²) in [5.41, 5.74) is 0. The molecule has 102 valence electrons. The third kappa shape index (κ3) is 6.24. The van der Waals surface area contributed by atoms with Gasteiger partial charge in [-0.1, -0.05) is 18.7 Å². The summed E-state index contributed by atoms with van der Waals surface area (Å²) >= 11 is 0.782. The number of hydrogen-bond donors (Lipinski definition) is 0. The smallest absolute Gasteiger partial charge is 0.284 e. The van der Waals surface area contributed by atoms with Crippen molar-refractivity contribution in [1.82, 2.24) is 0 Å². The Balaban J connectivity index is 4.04. The normalized spacial score (nSPS) is 15.6. The highest BCUT2D eigenvalue weighted by Crippen LogP contribution is 2.31. The van der Waals surface area contributed by atoms with Gasteiger partial charge in [-0.2, -0.15) is 0 Å². The molecule has 0 aliphatic heterocycles. The second-order valence-corrected chi connectivity index (χ2v) is 4.63. The van der Waals surface area contributed by atoms with E-state index in [0.29, 0.717) is 0 Å². The number of alkyl halides is 5. The van der Waals surface area contributed by atoms with Crippen molar-refractivity contribution in [2.24, 2.45) is 0 Å². The zero-order valence-corrected chi connectivity index (χ0v) is 10.2. The fourth-order valence-electron chi connectivity index (χ4n) is 1.06. The molecule has 0 aromatic rings. The van der Waals surface area contributed by atoms with Crippen LogP contribution in [0, 0.1) is 0 Å². The quantitative estimate of drug-likeness (QED) is 0.629. The molecule has 0 spiro atoms. The second kappa shape index (κ2) is 7.89. The maximum Gasteiger partial charge on any atom is 0.284 e. The Morgan fingerprint density at radius 2 is 1.94 bits per heavy atom. The minimum absolute atomic E-state index is 0.0556. The number of halogens is 5. The van der Waals surface area contributed by atoms with E-state index < -0.39 is 37.8 Å². The van der Waals surface area contributed by atoms with E-state index in [4.69, 9.17) is 0 Å². The SMILES string of the molecule is CCC(=O)SCCC(F)C(F)C(F)(F)CCF. The van der Waals surface area contributed by atoms with Crippen LogP contribution in [0.25, 0.3) is 0 Å². The maximum atomic E-state index is 13.1. The molecule has 2 unspecified atom stereocenters. The zero-order chi connectivity index (χ0) is 13.5. The molecule has 0 radical (unpaired) electrons. The summed E-state index contributed by atoms with van der Waals surface area (Å²) < 4.78 is 63.3. The van der Waals surface area contributed by atoms with Crippen LogP contribution >= 0.6 is 11.8 Å². The van der Waals surface area contributed by atoms with Crippen molar-refractivity contribution in [2.75, 3.05) is 12.4 Å². The molecule has 0 amide bonds. The number of thioether (sulfide) groups is 1. The van der Waals surface area contributed by atoms with Crippen LogP contribution in [0.4, 0.5) is 22.0 Å². The van der Waals surface area contributed by atoms with Crippen LogP contribution < -0.4 is 0 Å². The highest BCUT2D eigenvalue weighted by molar-refractivity contribution is 8.13. The number of hydrogen-bond acceptors (Lipinski definition) is 2. The molecule has 0 aromatic heterocycles. The van der Waals surface area contributed by atoms with Gasteiger partial charge in [0.25, 0.3) is 5.92 Å². The van der Waals surface area contributed by atoms with Gasteiger partial charge in [-0.15, -0.1) is 0 Å². The molecule has 1 nitrogen and oxygen atoms in total. The van der Waals surface area contributed by atoms with Crippen LogP contribution in [0.2, 0.25) is 0 Å². The number of carbonyl (C=O) groups is 1. The van der Waals surface area contributed by atoms with Gasteiger partial charge < -0.3 is 0 Å². The molecule has 17 heavy (non-hydrogen) atoms. The van der Waals surface area contributed by atoms with Gasteiger partial charge in [0, 0.05) is 18.6 Å². The third-order valence-corrected chi connectivity index (χ3v) is 3.14. The van der Waals surface area contributed by atoms with Crippen LogP contribution in [0.1, 0.15) is 26.2 Å². The van der Waals surface area contributed by atoms with Crippen LogP contribution in [0.5, 0.6) is 0 Å². The van der Waals surface area contributed by atoms with E-state index in [1.807, 2.05) is 0 Å². The summed E-state index contributed by atoms with van der Waals surface area (Å²) in [5, 5.41) is -0.205. The van der Waals surface area contributed by atoms with E-state index in [1.165, 1.54) is 0 Å². The Bertz CT molecular complexity index is 237. The predicted octanol–water partition coefficient (Wildman–Crippen LogP) is 3.72. The molecular formula is C10H15F5OS. The molecule has 0 rings (SSSR count). The van der Waals surface area contributed by atoms with Crippen LogP contribution in [-0.4, -0.2) is 35.8 Å². The summed E-state index contributed by atoms with van der Waals surface area (Å²) in [4.78, 5) is 10.8. The first kappa shape index (κ1) is 16.7. The molecule has 7 heteroatoms. The van der Waals surface area contributed by atoms with Crippen molar-refractivity contribution in [3.8, 4) is 0 Å². The number of rotatable bonds is 8. The molecule has 0 aromatic carbocycles. The average molecular weight is 278 g/mol. The largest absolute Gasteiger partial charge is 0.287 e. The molecule has 2 atom stereocenters. The maximum absolute atomic E-state index is 13.1. The molecule has 0 saturated carbocycles. The standard InChI is InChI=1S/C10H15F5OS/c1-2-8(16)17-6-3-7(12)9(13)10(14,15)4-5-11/h7,9H,2-6H2,1H3. The zero-order valence-electron chi connectivity index (χ0n) is 9.40. The van der Waals surface area contributed by atoms with Gasteiger partial charge in [-0.3, -0.25) is 9.18 Å². The first-order valence-electron chi connectivity index (χ1n) is 5.22. The lowest BCUT2D eigenvalue weighted by atomic mass is 10.1. The van der Waals surface area contributed by atoms with Gasteiger partial charge in [0.15, 0.2) is 11.3 Å². The molecule has 0 heterocycles. The second-order valence-electron chi connectivity index (χ2n) is 3.48. The minimum atomic E-state index is -3.99. The van der Waals surface area contributed by atoms with Crippen LogP contribution in [-0.2, 0) is 4.79 Å². The highest BCUT2D eigenvalue weighted by Gasteiger charge is 2.44. The van der Waals surface area contributed by atoms with Crippen molar-refractivity contribution < 1.29 is 26.7 Å². The Hall–Kier alpha value is -0.330. The van der Waals surface area contributed by atoms with Crippen molar-refractivity contribution in [3.05, 3.63) is 0 Å². The topological polar surface area (TPSA) is 17.1 Å². The Morgan fingerprint density at radius 1 is 1.35 bits per heavy atom. The average Bonchev–Trinajstić information content (AvgIpc) is 2.27. The van der Waals surface area contributed by atoms with Crippen molar-refractivity contribution in [3.63, 3.8) is 0 Å². The van der Waals surface area contributed by atoms with Crippen molar-refractivity contribution in [1.29, 1.82) is 0 Å². The van der Waals surface area contributed by atoms with E-state index in [9.17, 15) is 26.7 Å². The van der Waals surface area contributed by atoms with Gasteiger partial charge in [0.05, 0.1) is 6.67 Å². The highest BCUT2D eigenvalue weighted by atomic mass is 32.2. The summed E-state index contributed by atoms with van der Waals surface area (Å²) in [6.07, 6.45) is -6.96. The van der Waals surface area contributed by atoms with Crippen LogP contribution in [0.3, 0.4) is 0 Å². The number of carbonyl (C=O) groups excluding carboxylic acids is 1. The van der Waals surface area contributed by atoms with Gasteiger partial charge in [-0.05, 0) is 6.42 Å². The van der Waals surface area contributed by atoms with Gasteiger partial charge >= 0.3 is 0 Å². The summed E-state index contributed by atoms with van der Waals surface area (Å²) in [6.45, 7) is 0.207. The van der Waals surface area contributed by atoms with E-state index >= 15 is 0 Å². The minimum Gasteiger partial charge on any atom is -0.287 e. The molecule has 0 aliphatic rings. The molecular weight excluding hydrogens is 263 g/mol. The predicted molar refractivity (Wildman–Crippen MR) is 57.7 cm³/mol. The van der Waals surface area contributed by atoms with Gasteiger partial charge in [-0.25, -0.2) is 17.6 Å². The first-order valence-corrected chi connectivity index (χ1v) is 6.21. The summed E-state index contributed by atoms with van der Waals surface area (Å²) in [5.74, 6) is -4.05. The Labute approximate surface area is 101 Å². The lowest BCUT2D eigenvalue weighted by Gasteiger charge is -2.22. The summed E-state index contributed by atoms with van der Waals surface area (Å²) in [7, 11) is 0. The lowest BCUT2D eigenvalue weighted by Crippen LogP contribution is -2.38. The fourth-order valence-corrected chi connectivity index (χ4v) is 1.84. The van der Waals surface area contributed by atoms with Gasteiger partial charge in [0.2, 0.25) is 0 Å². The molecule has 0 fully saturated rings. The van der Waals surface area contributed by atoms with E-state index in [0.717, 1.165) is 11.8 Å². The summed E-state index contributed by atoms with van der Waals surface area (Å²) in [6, 6.07) is 0. The van der Waals surface area contributed by atoms with Crippen molar-refractivity contribution in [2.45, 2.75) is 44.5 Å². The van der Waals surface area contributed by atoms with Crippen LogP contribution in [0.15, 0.2) is 0 Å². The van der Waals surface area contributed by atoms with E-state index in [1.54, 1.807) is 6.92 Å². The first-order chi connectivity index (χ1) is 7.85.